The third-order valence-corrected chi connectivity index (χ3v) is 8.06. The summed E-state index contributed by atoms with van der Waals surface area (Å²) >= 11 is 0. The molecule has 0 fully saturated rings. The first-order valence-corrected chi connectivity index (χ1v) is 16.6. The number of nitrogens with one attached hydrogen (secondary N) is 3. The van der Waals surface area contributed by atoms with Crippen molar-refractivity contribution in [1.29, 1.82) is 0 Å². The average molecular weight is 593 g/mol. The van der Waals surface area contributed by atoms with E-state index in [1.165, 1.54) is 64.2 Å². The van der Waals surface area contributed by atoms with E-state index in [0.717, 1.165) is 53.2 Å². The number of hydrazine groups is 1. The number of imidazole rings is 1. The molecule has 0 atom stereocenters. The van der Waals surface area contributed by atoms with Gasteiger partial charge in [-0.1, -0.05) is 157 Å². The van der Waals surface area contributed by atoms with Gasteiger partial charge in [0.05, 0.1) is 11.4 Å². The van der Waals surface area contributed by atoms with Crippen LogP contribution in [0.25, 0.3) is 33.9 Å². The third-order valence-electron chi connectivity index (χ3n) is 8.06. The van der Waals surface area contributed by atoms with Gasteiger partial charge in [-0.2, -0.15) is 0 Å². The van der Waals surface area contributed by atoms with Gasteiger partial charge < -0.3 is 4.98 Å². The average Bonchev–Trinajstić information content (AvgIpc) is 3.52. The summed E-state index contributed by atoms with van der Waals surface area (Å²) in [5.74, 6) is 0.223. The summed E-state index contributed by atoms with van der Waals surface area (Å²) in [5, 5.41) is 0. The predicted molar refractivity (Wildman–Crippen MR) is 181 cm³/mol. The number of hydrogen-bond donors (Lipinski definition) is 3. The van der Waals surface area contributed by atoms with Crippen molar-refractivity contribution in [1.82, 2.24) is 20.8 Å². The zero-order valence-corrected chi connectivity index (χ0v) is 26.2. The second kappa shape index (κ2) is 18.5. The van der Waals surface area contributed by atoms with E-state index in [9.17, 15) is 9.59 Å². The maximum atomic E-state index is 12.7. The Hall–Kier alpha value is -4.19. The molecule has 0 spiro atoms. The number of carbonyl (C=O) groups is 2. The fourth-order valence-electron chi connectivity index (χ4n) is 5.47. The van der Waals surface area contributed by atoms with Crippen LogP contribution in [0.5, 0.6) is 0 Å². The van der Waals surface area contributed by atoms with Gasteiger partial charge in [-0.15, -0.1) is 0 Å². The Labute approximate surface area is 263 Å². The molecule has 44 heavy (non-hydrogen) atoms. The first-order valence-electron chi connectivity index (χ1n) is 16.6. The van der Waals surface area contributed by atoms with Crippen LogP contribution in [0.15, 0.2) is 84.9 Å². The number of amides is 2. The lowest BCUT2D eigenvalue weighted by atomic mass is 10.0. The third kappa shape index (κ3) is 10.5. The number of hydrogen-bond acceptors (Lipinski definition) is 3. The lowest BCUT2D eigenvalue weighted by molar-refractivity contribution is -0.122. The van der Waals surface area contributed by atoms with E-state index in [1.807, 2.05) is 60.7 Å². The number of unbranched alkanes of at least 4 members (excludes halogenated alkanes) is 12. The molecule has 0 aliphatic rings. The minimum absolute atomic E-state index is 0.157. The van der Waals surface area contributed by atoms with Crippen LogP contribution in [0.1, 0.15) is 107 Å². The maximum Gasteiger partial charge on any atom is 0.269 e. The Balaban J connectivity index is 1.17. The molecule has 0 saturated heterocycles. The summed E-state index contributed by atoms with van der Waals surface area (Å²) in [5.41, 5.74) is 10.3. The van der Waals surface area contributed by atoms with Crippen molar-refractivity contribution in [2.24, 2.45) is 0 Å². The molecule has 0 aliphatic heterocycles. The van der Waals surface area contributed by atoms with E-state index >= 15 is 0 Å². The Morgan fingerprint density at radius 2 is 1.11 bits per heavy atom. The number of aromatic amines is 1. The van der Waals surface area contributed by atoms with E-state index in [0.29, 0.717) is 12.0 Å². The van der Waals surface area contributed by atoms with Gasteiger partial charge >= 0.3 is 0 Å². The van der Waals surface area contributed by atoms with Crippen molar-refractivity contribution >= 4 is 11.8 Å². The van der Waals surface area contributed by atoms with Crippen LogP contribution in [0.4, 0.5) is 0 Å². The topological polar surface area (TPSA) is 86.9 Å². The monoisotopic (exact) mass is 592 g/mol. The molecule has 3 aromatic carbocycles. The summed E-state index contributed by atoms with van der Waals surface area (Å²) in [6.45, 7) is 2.26. The van der Waals surface area contributed by atoms with Crippen molar-refractivity contribution in [3.8, 4) is 33.9 Å². The van der Waals surface area contributed by atoms with Crippen molar-refractivity contribution in [2.45, 2.75) is 96.8 Å². The molecule has 3 N–H and O–H groups in total. The highest BCUT2D eigenvalue weighted by atomic mass is 16.2. The van der Waals surface area contributed by atoms with Crippen LogP contribution >= 0.6 is 0 Å². The van der Waals surface area contributed by atoms with Crippen LogP contribution in [0.2, 0.25) is 0 Å². The number of carbonyl (C=O) groups excluding carboxylic acids is 2. The molecule has 232 valence electrons. The summed E-state index contributed by atoms with van der Waals surface area (Å²) in [7, 11) is 0. The van der Waals surface area contributed by atoms with Gasteiger partial charge in [0, 0.05) is 28.7 Å². The molecular weight excluding hydrogens is 544 g/mol. The van der Waals surface area contributed by atoms with Gasteiger partial charge in [0.2, 0.25) is 5.91 Å². The Morgan fingerprint density at radius 1 is 0.591 bits per heavy atom. The Morgan fingerprint density at radius 3 is 1.68 bits per heavy atom. The van der Waals surface area contributed by atoms with Crippen LogP contribution in [-0.4, -0.2) is 21.8 Å². The number of benzene rings is 3. The normalized spacial score (nSPS) is 10.9. The summed E-state index contributed by atoms with van der Waals surface area (Å²) in [6.07, 6.45) is 16.9. The highest BCUT2D eigenvalue weighted by Crippen LogP contribution is 2.33. The molecule has 0 radical (unpaired) electrons. The molecule has 0 aliphatic carbocycles. The molecule has 6 heteroatoms. The number of nitrogens with zero attached hydrogens (tertiary/aromatic N) is 1. The standard InChI is InChI=1S/C38H48N4O2/c1-2-3-4-5-6-7-8-9-10-11-12-13-20-25-34(43)41-42-38(44)33-28-26-32(27-29-33)37-39-35(30-21-16-14-17-22-30)36(40-37)31-23-18-15-19-24-31/h14-19,21-24,26-29H,2-13,20,25H2,1H3,(H,39,40)(H,41,43)(H,42,44). The van der Waals surface area contributed by atoms with Gasteiger partial charge in [0.15, 0.2) is 0 Å². The van der Waals surface area contributed by atoms with Gasteiger partial charge in [-0.05, 0) is 18.6 Å². The van der Waals surface area contributed by atoms with E-state index in [4.69, 9.17) is 4.98 Å². The fraction of sp³-hybridized carbons (Fsp3) is 0.395. The minimum atomic E-state index is -0.343. The van der Waals surface area contributed by atoms with Crippen molar-refractivity contribution in [3.63, 3.8) is 0 Å². The van der Waals surface area contributed by atoms with Gasteiger partial charge in [0.25, 0.3) is 5.91 Å². The lowest BCUT2D eigenvalue weighted by Gasteiger charge is -2.08. The van der Waals surface area contributed by atoms with Crippen molar-refractivity contribution in [3.05, 3.63) is 90.5 Å². The first-order chi connectivity index (χ1) is 21.7. The van der Waals surface area contributed by atoms with E-state index in [2.05, 4.69) is 34.9 Å². The number of aromatic nitrogens is 2. The number of H-pyrrole nitrogens is 1. The molecule has 2 amide bonds. The molecule has 1 aromatic heterocycles. The first kappa shape index (κ1) is 32.7. The zero-order chi connectivity index (χ0) is 30.8. The molecule has 0 saturated carbocycles. The summed E-state index contributed by atoms with van der Waals surface area (Å²) < 4.78 is 0. The van der Waals surface area contributed by atoms with Crippen molar-refractivity contribution < 1.29 is 9.59 Å². The largest absolute Gasteiger partial charge is 0.337 e. The highest BCUT2D eigenvalue weighted by molar-refractivity contribution is 5.95. The molecule has 0 unspecified atom stereocenters. The quantitative estimate of drug-likeness (QED) is 0.0794. The fourth-order valence-corrected chi connectivity index (χ4v) is 5.47. The van der Waals surface area contributed by atoms with Crippen LogP contribution in [-0.2, 0) is 4.79 Å². The van der Waals surface area contributed by atoms with Gasteiger partial charge in [-0.25, -0.2) is 4.98 Å². The van der Waals surface area contributed by atoms with E-state index in [1.54, 1.807) is 12.1 Å². The molecule has 1 heterocycles. The minimum Gasteiger partial charge on any atom is -0.337 e. The zero-order valence-electron chi connectivity index (χ0n) is 26.2. The summed E-state index contributed by atoms with van der Waals surface area (Å²) in [6, 6.07) is 27.5. The molecule has 6 nitrogen and oxygen atoms in total. The van der Waals surface area contributed by atoms with E-state index < -0.39 is 0 Å². The predicted octanol–water partition coefficient (Wildman–Crippen LogP) is 9.65. The lowest BCUT2D eigenvalue weighted by Crippen LogP contribution is -2.41. The molecule has 4 aromatic rings. The maximum absolute atomic E-state index is 12.7. The SMILES string of the molecule is CCCCCCCCCCCCCCCC(=O)NNC(=O)c1ccc(-c2nc(-c3ccccc3)c(-c3ccccc3)[nH]2)cc1. The van der Waals surface area contributed by atoms with Gasteiger partial charge in [0.1, 0.15) is 5.82 Å². The Bertz CT molecular complexity index is 1340. The Kier molecular flexibility index (Phi) is 13.7. The second-order valence-electron chi connectivity index (χ2n) is 11.6. The second-order valence-corrected chi connectivity index (χ2v) is 11.6. The van der Waals surface area contributed by atoms with Crippen molar-refractivity contribution in [2.75, 3.05) is 0 Å². The highest BCUT2D eigenvalue weighted by Gasteiger charge is 2.16. The van der Waals surface area contributed by atoms with Crippen LogP contribution in [0.3, 0.4) is 0 Å². The number of rotatable bonds is 18. The molecular formula is C38H48N4O2. The molecule has 4 rings (SSSR count). The van der Waals surface area contributed by atoms with Crippen LogP contribution < -0.4 is 10.9 Å². The summed E-state index contributed by atoms with van der Waals surface area (Å²) in [4.78, 5) is 33.3. The smallest absolute Gasteiger partial charge is 0.269 e. The van der Waals surface area contributed by atoms with Crippen LogP contribution in [0, 0.1) is 0 Å². The molecule has 0 bridgehead atoms. The van der Waals surface area contributed by atoms with Gasteiger partial charge in [-0.3, -0.25) is 20.4 Å². The van der Waals surface area contributed by atoms with E-state index in [-0.39, 0.29) is 11.8 Å².